The van der Waals surface area contributed by atoms with Crippen molar-refractivity contribution in [3.63, 3.8) is 0 Å². The third kappa shape index (κ3) is 3.09. The number of halogens is 1. The van der Waals surface area contributed by atoms with Gasteiger partial charge in [-0.1, -0.05) is 6.42 Å². The van der Waals surface area contributed by atoms with Gasteiger partial charge in [0.1, 0.15) is 11.6 Å². The molecule has 0 aromatic carbocycles. The first-order valence-corrected chi connectivity index (χ1v) is 6.01. The fraction of sp³-hybridized carbons (Fsp3) is 0.538. The quantitative estimate of drug-likeness (QED) is 0.806. The Labute approximate surface area is 101 Å². The molecule has 0 radical (unpaired) electrons. The van der Waals surface area contributed by atoms with Crippen molar-refractivity contribution in [2.75, 3.05) is 6.54 Å². The molecule has 0 N–H and O–H groups in total. The summed E-state index contributed by atoms with van der Waals surface area (Å²) >= 11 is 0. The van der Waals surface area contributed by atoms with Crippen molar-refractivity contribution in [3.8, 4) is 0 Å². The van der Waals surface area contributed by atoms with Crippen LogP contribution in [0.1, 0.15) is 31.7 Å². The normalized spacial score (nSPS) is 21.4. The molecule has 1 saturated heterocycles. The van der Waals surface area contributed by atoms with Crippen LogP contribution in [-0.4, -0.2) is 28.3 Å². The van der Waals surface area contributed by atoms with Crippen LogP contribution in [0.25, 0.3) is 0 Å². The van der Waals surface area contributed by atoms with Gasteiger partial charge in [-0.25, -0.2) is 4.39 Å². The molecule has 0 amide bonds. The Balaban J connectivity index is 2.08. The molecule has 0 saturated carbocycles. The molecule has 1 unspecified atom stereocenters. The Bertz CT molecular complexity index is 408. The summed E-state index contributed by atoms with van der Waals surface area (Å²) in [6.45, 7) is 3.14. The van der Waals surface area contributed by atoms with Crippen LogP contribution in [-0.2, 0) is 11.3 Å². The largest absolute Gasteiger partial charge is 0.298 e. The molecule has 4 heteroatoms. The molecule has 0 aliphatic carbocycles. The maximum Gasteiger partial charge on any atom is 0.146 e. The number of likely N-dealkylation sites (tertiary alicyclic amines) is 1. The summed E-state index contributed by atoms with van der Waals surface area (Å²) in [5, 5.41) is 0. The Morgan fingerprint density at radius 2 is 2.35 bits per heavy atom. The highest BCUT2D eigenvalue weighted by Crippen LogP contribution is 2.20. The van der Waals surface area contributed by atoms with Gasteiger partial charge in [-0.15, -0.1) is 0 Å². The molecule has 17 heavy (non-hydrogen) atoms. The second-order valence-corrected chi connectivity index (χ2v) is 4.60. The van der Waals surface area contributed by atoms with Crippen LogP contribution >= 0.6 is 0 Å². The summed E-state index contributed by atoms with van der Waals surface area (Å²) in [4.78, 5) is 17.5. The van der Waals surface area contributed by atoms with Crippen LogP contribution in [0, 0.1) is 5.82 Å². The lowest BCUT2D eigenvalue weighted by Gasteiger charge is -2.33. The van der Waals surface area contributed by atoms with E-state index in [-0.39, 0.29) is 17.6 Å². The number of Topliss-reactive ketones (excluding diaryl/α,β-unsaturated/α-hetero) is 1. The van der Waals surface area contributed by atoms with Crippen molar-refractivity contribution in [2.24, 2.45) is 0 Å². The zero-order chi connectivity index (χ0) is 12.3. The fourth-order valence-electron chi connectivity index (χ4n) is 2.42. The number of aromatic nitrogens is 1. The van der Waals surface area contributed by atoms with Crippen LogP contribution in [0.2, 0.25) is 0 Å². The molecule has 1 fully saturated rings. The third-order valence-corrected chi connectivity index (χ3v) is 3.23. The fourth-order valence-corrected chi connectivity index (χ4v) is 2.42. The standard InChI is InChI=1S/C13H17FN2O/c1-10(17)13-4-2-3-5-16(13)9-11-6-12(14)8-15-7-11/h6-8,13H,2-5,9H2,1H3. The smallest absolute Gasteiger partial charge is 0.146 e. The lowest BCUT2D eigenvalue weighted by atomic mass is 9.98. The topological polar surface area (TPSA) is 33.2 Å². The number of nitrogens with zero attached hydrogens (tertiary/aromatic N) is 2. The van der Waals surface area contributed by atoms with Gasteiger partial charge in [0.05, 0.1) is 12.2 Å². The summed E-state index contributed by atoms with van der Waals surface area (Å²) in [7, 11) is 0. The summed E-state index contributed by atoms with van der Waals surface area (Å²) < 4.78 is 13.0. The summed E-state index contributed by atoms with van der Waals surface area (Å²) in [5.74, 6) is -0.118. The number of hydrogen-bond donors (Lipinski definition) is 0. The van der Waals surface area contributed by atoms with E-state index in [0.29, 0.717) is 6.54 Å². The summed E-state index contributed by atoms with van der Waals surface area (Å²) in [5.41, 5.74) is 0.832. The van der Waals surface area contributed by atoms with Gasteiger partial charge in [0.2, 0.25) is 0 Å². The van der Waals surface area contributed by atoms with Crippen LogP contribution in [0.5, 0.6) is 0 Å². The highest BCUT2D eigenvalue weighted by molar-refractivity contribution is 5.81. The van der Waals surface area contributed by atoms with Crippen molar-refractivity contribution in [3.05, 3.63) is 29.8 Å². The molecular weight excluding hydrogens is 219 g/mol. The molecule has 0 bridgehead atoms. The second kappa shape index (κ2) is 5.36. The van der Waals surface area contributed by atoms with Gasteiger partial charge in [-0.05, 0) is 37.9 Å². The molecule has 1 aromatic heterocycles. The number of hydrogen-bond acceptors (Lipinski definition) is 3. The molecular formula is C13H17FN2O. The zero-order valence-corrected chi connectivity index (χ0v) is 10.0. The van der Waals surface area contributed by atoms with E-state index in [1.807, 2.05) is 0 Å². The van der Waals surface area contributed by atoms with Crippen molar-refractivity contribution in [1.82, 2.24) is 9.88 Å². The zero-order valence-electron chi connectivity index (χ0n) is 10.0. The van der Waals surface area contributed by atoms with E-state index in [9.17, 15) is 9.18 Å². The monoisotopic (exact) mass is 236 g/mol. The summed E-state index contributed by atoms with van der Waals surface area (Å²) in [6.07, 6.45) is 5.98. The van der Waals surface area contributed by atoms with Crippen LogP contribution in [0.15, 0.2) is 18.5 Å². The Morgan fingerprint density at radius 1 is 1.53 bits per heavy atom. The molecule has 3 nitrogen and oxygen atoms in total. The van der Waals surface area contributed by atoms with E-state index in [2.05, 4.69) is 9.88 Å². The van der Waals surface area contributed by atoms with E-state index in [1.54, 1.807) is 13.1 Å². The Hall–Kier alpha value is -1.29. The van der Waals surface area contributed by atoms with Gasteiger partial charge < -0.3 is 0 Å². The first-order valence-electron chi connectivity index (χ1n) is 6.01. The average Bonchev–Trinajstić information content (AvgIpc) is 2.29. The maximum absolute atomic E-state index is 13.0. The second-order valence-electron chi connectivity index (χ2n) is 4.60. The molecule has 1 aliphatic rings. The first kappa shape index (κ1) is 12.2. The maximum atomic E-state index is 13.0. The number of carbonyl (C=O) groups excluding carboxylic acids is 1. The Kier molecular flexibility index (Phi) is 3.84. The minimum atomic E-state index is -0.320. The van der Waals surface area contributed by atoms with E-state index in [4.69, 9.17) is 0 Å². The van der Waals surface area contributed by atoms with Gasteiger partial charge in [0.25, 0.3) is 0 Å². The SMILES string of the molecule is CC(=O)C1CCCCN1Cc1cncc(F)c1. The van der Waals surface area contributed by atoms with Crippen molar-refractivity contribution in [2.45, 2.75) is 38.8 Å². The first-order chi connectivity index (χ1) is 8.16. The molecule has 2 heterocycles. The average molecular weight is 236 g/mol. The molecule has 1 aliphatic heterocycles. The van der Waals surface area contributed by atoms with Gasteiger partial charge >= 0.3 is 0 Å². The van der Waals surface area contributed by atoms with E-state index < -0.39 is 0 Å². The molecule has 0 spiro atoms. The Morgan fingerprint density at radius 3 is 3.06 bits per heavy atom. The molecule has 1 atom stereocenters. The van der Waals surface area contributed by atoms with E-state index in [0.717, 1.165) is 31.4 Å². The van der Waals surface area contributed by atoms with E-state index >= 15 is 0 Å². The molecule has 2 rings (SSSR count). The minimum absolute atomic E-state index is 0.00739. The van der Waals surface area contributed by atoms with Gasteiger partial charge in [0.15, 0.2) is 0 Å². The summed E-state index contributed by atoms with van der Waals surface area (Å²) in [6, 6.07) is 1.48. The predicted molar refractivity (Wildman–Crippen MR) is 62.9 cm³/mol. The van der Waals surface area contributed by atoms with Crippen LogP contribution in [0.4, 0.5) is 4.39 Å². The van der Waals surface area contributed by atoms with Crippen LogP contribution in [0.3, 0.4) is 0 Å². The van der Waals surface area contributed by atoms with Crippen LogP contribution < -0.4 is 0 Å². The highest BCUT2D eigenvalue weighted by atomic mass is 19.1. The third-order valence-electron chi connectivity index (χ3n) is 3.23. The van der Waals surface area contributed by atoms with E-state index in [1.165, 1.54) is 12.3 Å². The lowest BCUT2D eigenvalue weighted by molar-refractivity contribution is -0.123. The number of carbonyl (C=O) groups is 1. The lowest BCUT2D eigenvalue weighted by Crippen LogP contribution is -2.43. The van der Waals surface area contributed by atoms with Gasteiger partial charge in [-0.3, -0.25) is 14.7 Å². The highest BCUT2D eigenvalue weighted by Gasteiger charge is 2.25. The molecule has 92 valence electrons. The van der Waals surface area contributed by atoms with Crippen molar-refractivity contribution >= 4 is 5.78 Å². The number of pyridine rings is 1. The number of rotatable bonds is 3. The number of piperidine rings is 1. The predicted octanol–water partition coefficient (Wildman–Crippen LogP) is 2.16. The molecule has 1 aromatic rings. The van der Waals surface area contributed by atoms with Crippen molar-refractivity contribution < 1.29 is 9.18 Å². The number of ketones is 1. The minimum Gasteiger partial charge on any atom is -0.298 e. The van der Waals surface area contributed by atoms with Crippen molar-refractivity contribution in [1.29, 1.82) is 0 Å². The van der Waals surface area contributed by atoms with Gasteiger partial charge in [-0.2, -0.15) is 0 Å². The van der Waals surface area contributed by atoms with Gasteiger partial charge in [0, 0.05) is 12.7 Å².